The number of hydrogen-bond acceptors (Lipinski definition) is 1. The Balaban J connectivity index is 2.71. The van der Waals surface area contributed by atoms with Crippen LogP contribution in [0.15, 0.2) is 96.9 Å². The van der Waals surface area contributed by atoms with Crippen molar-refractivity contribution in [3.63, 3.8) is 0 Å². The Morgan fingerprint density at radius 3 is 1.64 bits per heavy atom. The molecule has 110 valence electrons. The minimum absolute atomic E-state index is 0.425. The molecule has 0 aromatic heterocycles. The van der Waals surface area contributed by atoms with Gasteiger partial charge in [-0.15, -0.1) is 0 Å². The molecule has 0 spiro atoms. The van der Waals surface area contributed by atoms with Crippen LogP contribution in [0.3, 0.4) is 0 Å². The van der Waals surface area contributed by atoms with Gasteiger partial charge in [-0.05, 0) is 23.8 Å². The van der Waals surface area contributed by atoms with Gasteiger partial charge < -0.3 is 5.73 Å². The van der Waals surface area contributed by atoms with Crippen molar-refractivity contribution in [2.24, 2.45) is 5.73 Å². The van der Waals surface area contributed by atoms with E-state index in [1.54, 1.807) is 6.08 Å². The highest BCUT2D eigenvalue weighted by Gasteiger charge is 2.20. The highest BCUT2D eigenvalue weighted by Crippen LogP contribution is 2.45. The van der Waals surface area contributed by atoms with E-state index in [1.165, 1.54) is 6.08 Å². The van der Waals surface area contributed by atoms with E-state index in [9.17, 15) is 4.79 Å². The van der Waals surface area contributed by atoms with E-state index in [4.69, 9.17) is 5.73 Å². The third kappa shape index (κ3) is 3.41. The second-order valence-corrected chi connectivity index (χ2v) is 6.76. The highest BCUT2D eigenvalue weighted by molar-refractivity contribution is 7.77. The van der Waals surface area contributed by atoms with Crippen LogP contribution in [-0.4, -0.2) is 5.91 Å². The Hall–Kier alpha value is -2.44. The molecule has 0 aliphatic carbocycles. The van der Waals surface area contributed by atoms with Crippen molar-refractivity contribution in [3.05, 3.63) is 96.9 Å². The zero-order valence-electron chi connectivity index (χ0n) is 12.3. The molecule has 2 rings (SSSR count). The summed E-state index contributed by atoms with van der Waals surface area (Å²) in [6, 6.07) is 20.2. The summed E-state index contributed by atoms with van der Waals surface area (Å²) in [7, 11) is -0.903. The van der Waals surface area contributed by atoms with Gasteiger partial charge in [0.05, 0.1) is 0 Å². The first-order chi connectivity index (χ1) is 10.7. The average Bonchev–Trinajstić information content (AvgIpc) is 2.56. The monoisotopic (exact) mass is 307 g/mol. The van der Waals surface area contributed by atoms with Crippen molar-refractivity contribution in [3.8, 4) is 0 Å². The van der Waals surface area contributed by atoms with E-state index in [0.29, 0.717) is 5.57 Å². The number of nitrogens with two attached hydrogens (primary N) is 1. The van der Waals surface area contributed by atoms with Crippen molar-refractivity contribution in [2.75, 3.05) is 0 Å². The number of hydrogen-bond donors (Lipinski definition) is 1. The average molecular weight is 307 g/mol. The summed E-state index contributed by atoms with van der Waals surface area (Å²) in [5.74, 6) is -0.482. The van der Waals surface area contributed by atoms with E-state index in [-0.39, 0.29) is 0 Å². The number of rotatable bonds is 6. The van der Waals surface area contributed by atoms with Crippen LogP contribution in [0.25, 0.3) is 0 Å². The summed E-state index contributed by atoms with van der Waals surface area (Å²) in [4.78, 5) is 11.8. The fourth-order valence-corrected chi connectivity index (χ4v) is 4.65. The van der Waals surface area contributed by atoms with Gasteiger partial charge in [0.15, 0.2) is 0 Å². The van der Waals surface area contributed by atoms with Crippen molar-refractivity contribution in [2.45, 2.75) is 0 Å². The maximum atomic E-state index is 11.8. The molecule has 0 unspecified atom stereocenters. The van der Waals surface area contributed by atoms with E-state index in [0.717, 1.165) is 15.9 Å². The van der Waals surface area contributed by atoms with E-state index >= 15 is 0 Å². The zero-order chi connectivity index (χ0) is 15.9. The lowest BCUT2D eigenvalue weighted by Crippen LogP contribution is -2.18. The van der Waals surface area contributed by atoms with Crippen LogP contribution in [0.2, 0.25) is 0 Å². The van der Waals surface area contributed by atoms with Crippen molar-refractivity contribution >= 4 is 24.4 Å². The van der Waals surface area contributed by atoms with Crippen molar-refractivity contribution < 1.29 is 4.79 Å². The molecule has 0 aliphatic rings. The fraction of sp³-hybridized carbons (Fsp3) is 0. The van der Waals surface area contributed by atoms with E-state index < -0.39 is 13.8 Å². The van der Waals surface area contributed by atoms with Gasteiger partial charge in [-0.2, -0.15) is 0 Å². The standard InChI is InChI=1S/C19H18NOP/c1-3-17(19(20)21)18(4-2)22(15-11-7-5-8-12-15)16-13-9-6-10-14-16/h3-14H,1-2H2,(H2,20,21)/b18-17-. The highest BCUT2D eigenvalue weighted by atomic mass is 31.1. The van der Waals surface area contributed by atoms with Gasteiger partial charge in [0.2, 0.25) is 5.91 Å². The molecule has 22 heavy (non-hydrogen) atoms. The van der Waals surface area contributed by atoms with Crippen molar-refractivity contribution in [1.29, 1.82) is 0 Å². The van der Waals surface area contributed by atoms with Crippen molar-refractivity contribution in [1.82, 2.24) is 0 Å². The smallest absolute Gasteiger partial charge is 0.249 e. The molecule has 1 amide bonds. The lowest BCUT2D eigenvalue weighted by atomic mass is 10.2. The number of allylic oxidation sites excluding steroid dienone is 2. The predicted molar refractivity (Wildman–Crippen MR) is 95.7 cm³/mol. The molecule has 0 bridgehead atoms. The van der Waals surface area contributed by atoms with Gasteiger partial charge >= 0.3 is 0 Å². The molecular weight excluding hydrogens is 289 g/mol. The van der Waals surface area contributed by atoms with Gasteiger partial charge in [-0.1, -0.05) is 86.0 Å². The summed E-state index contributed by atoms with van der Waals surface area (Å²) in [6.45, 7) is 7.61. The molecule has 2 nitrogen and oxygen atoms in total. The van der Waals surface area contributed by atoms with Gasteiger partial charge in [-0.3, -0.25) is 4.79 Å². The van der Waals surface area contributed by atoms with Crippen LogP contribution < -0.4 is 16.3 Å². The second kappa shape index (κ2) is 7.53. The number of primary amides is 1. The number of amides is 1. The molecule has 0 heterocycles. The first-order valence-electron chi connectivity index (χ1n) is 6.88. The third-order valence-electron chi connectivity index (χ3n) is 3.21. The van der Waals surface area contributed by atoms with Crippen LogP contribution in [0.5, 0.6) is 0 Å². The quantitative estimate of drug-likeness (QED) is 0.497. The molecule has 0 aliphatic heterocycles. The molecule has 2 N–H and O–H groups in total. The molecule has 0 atom stereocenters. The van der Waals surface area contributed by atoms with Crippen LogP contribution in [-0.2, 0) is 4.79 Å². The fourth-order valence-electron chi connectivity index (χ4n) is 2.23. The van der Waals surface area contributed by atoms with Gasteiger partial charge in [0.1, 0.15) is 0 Å². The first-order valence-corrected chi connectivity index (χ1v) is 8.22. The van der Waals surface area contributed by atoms with Crippen LogP contribution >= 0.6 is 7.92 Å². The lowest BCUT2D eigenvalue weighted by molar-refractivity contribution is -0.114. The van der Waals surface area contributed by atoms with Crippen LogP contribution in [0.4, 0.5) is 0 Å². The maximum Gasteiger partial charge on any atom is 0.249 e. The largest absolute Gasteiger partial charge is 0.366 e. The molecule has 0 radical (unpaired) electrons. The van der Waals surface area contributed by atoms with Gasteiger partial charge in [-0.25, -0.2) is 0 Å². The number of carbonyl (C=O) groups excluding carboxylic acids is 1. The van der Waals surface area contributed by atoms with E-state index in [1.807, 2.05) is 36.4 Å². The number of benzene rings is 2. The van der Waals surface area contributed by atoms with Crippen LogP contribution in [0, 0.1) is 0 Å². The van der Waals surface area contributed by atoms with Crippen LogP contribution in [0.1, 0.15) is 0 Å². The Morgan fingerprint density at radius 2 is 1.32 bits per heavy atom. The molecule has 0 saturated carbocycles. The minimum Gasteiger partial charge on any atom is -0.366 e. The molecule has 2 aromatic carbocycles. The Labute approximate surface area is 132 Å². The summed E-state index contributed by atoms with van der Waals surface area (Å²) in [6.07, 6.45) is 3.23. The Bertz CT molecular complexity index is 665. The Kier molecular flexibility index (Phi) is 5.46. The second-order valence-electron chi connectivity index (χ2n) is 4.58. The molecule has 0 saturated heterocycles. The SMILES string of the molecule is C=C/C(C(N)=O)=C(\C=C)P(c1ccccc1)c1ccccc1. The molecular formula is C19H18NOP. The summed E-state index contributed by atoms with van der Waals surface area (Å²) in [5.41, 5.74) is 5.94. The topological polar surface area (TPSA) is 43.1 Å². The predicted octanol–water partition coefficient (Wildman–Crippen LogP) is 3.23. The summed E-state index contributed by atoms with van der Waals surface area (Å²) >= 11 is 0. The molecule has 2 aromatic rings. The maximum absolute atomic E-state index is 11.8. The Morgan fingerprint density at radius 1 is 0.864 bits per heavy atom. The molecule has 3 heteroatoms. The van der Waals surface area contributed by atoms with E-state index in [2.05, 4.69) is 37.4 Å². The lowest BCUT2D eigenvalue weighted by Gasteiger charge is -2.21. The minimum atomic E-state index is -0.903. The molecule has 0 fully saturated rings. The van der Waals surface area contributed by atoms with Gasteiger partial charge in [0.25, 0.3) is 0 Å². The summed E-state index contributed by atoms with van der Waals surface area (Å²) < 4.78 is 0. The number of carbonyl (C=O) groups is 1. The first kappa shape index (κ1) is 15.9. The van der Waals surface area contributed by atoms with Gasteiger partial charge in [0, 0.05) is 5.57 Å². The summed E-state index contributed by atoms with van der Waals surface area (Å²) in [5, 5.41) is 3.10. The third-order valence-corrected chi connectivity index (χ3v) is 5.74. The zero-order valence-corrected chi connectivity index (χ0v) is 13.2. The normalized spacial score (nSPS) is 11.7.